The van der Waals surface area contributed by atoms with E-state index in [-0.39, 0.29) is 13.2 Å². The zero-order valence-corrected chi connectivity index (χ0v) is 11.7. The van der Waals surface area contributed by atoms with Crippen LogP contribution in [0.25, 0.3) is 0 Å². The van der Waals surface area contributed by atoms with Gasteiger partial charge in [0, 0.05) is 22.8 Å². The fourth-order valence-electron chi connectivity index (χ4n) is 1.51. The van der Waals surface area contributed by atoms with Gasteiger partial charge in [-0.1, -0.05) is 0 Å². The van der Waals surface area contributed by atoms with Crippen LogP contribution in [0.3, 0.4) is 0 Å². The van der Waals surface area contributed by atoms with Crippen LogP contribution < -0.4 is 0 Å². The average Bonchev–Trinajstić information content (AvgIpc) is 2.32. The maximum absolute atomic E-state index is 14.0. The molecule has 1 aliphatic heterocycles. The van der Waals surface area contributed by atoms with Gasteiger partial charge in [-0.15, -0.1) is 0 Å². The molecular formula is C10H7ClFNO7S. The van der Waals surface area contributed by atoms with E-state index in [0.717, 1.165) is 0 Å². The minimum atomic E-state index is -4.61. The Morgan fingerprint density at radius 2 is 2.10 bits per heavy atom. The molecule has 21 heavy (non-hydrogen) atoms. The predicted octanol–water partition coefficient (Wildman–Crippen LogP) is 1.22. The molecule has 0 aliphatic carbocycles. The van der Waals surface area contributed by atoms with E-state index in [4.69, 9.17) is 20.2 Å². The fourth-order valence-corrected chi connectivity index (χ4v) is 2.43. The van der Waals surface area contributed by atoms with Gasteiger partial charge >= 0.3 is 5.97 Å². The van der Waals surface area contributed by atoms with E-state index >= 15 is 0 Å². The lowest BCUT2D eigenvalue weighted by molar-refractivity contribution is -0.385. The number of carbonyl (C=O) groups is 1. The minimum Gasteiger partial charge on any atom is -0.454 e. The SMILES string of the molecule is O=C(OC1COC1)c1cc([N+](=O)[O-])cc(S(=O)(=O)Cl)c1F. The molecule has 1 fully saturated rings. The molecule has 1 aromatic carbocycles. The third-order valence-electron chi connectivity index (χ3n) is 2.60. The number of ether oxygens (including phenoxy) is 2. The average molecular weight is 340 g/mol. The van der Waals surface area contributed by atoms with E-state index in [2.05, 4.69) is 0 Å². The van der Waals surface area contributed by atoms with Crippen molar-refractivity contribution in [3.8, 4) is 0 Å². The molecule has 1 heterocycles. The molecule has 114 valence electrons. The van der Waals surface area contributed by atoms with Gasteiger partial charge in [-0.25, -0.2) is 17.6 Å². The minimum absolute atomic E-state index is 0.114. The van der Waals surface area contributed by atoms with Gasteiger partial charge in [0.1, 0.15) is 16.6 Å². The molecule has 0 aromatic heterocycles. The van der Waals surface area contributed by atoms with Crippen LogP contribution in [0.1, 0.15) is 10.4 Å². The zero-order chi connectivity index (χ0) is 15.8. The molecule has 0 radical (unpaired) electrons. The molecule has 1 aliphatic rings. The molecule has 1 aromatic rings. The van der Waals surface area contributed by atoms with Gasteiger partial charge < -0.3 is 9.47 Å². The van der Waals surface area contributed by atoms with Crippen LogP contribution >= 0.6 is 10.7 Å². The molecule has 0 saturated carbocycles. The first-order valence-corrected chi connectivity index (χ1v) is 7.72. The van der Waals surface area contributed by atoms with E-state index in [1.807, 2.05) is 0 Å². The summed E-state index contributed by atoms with van der Waals surface area (Å²) in [5.74, 6) is -2.73. The number of rotatable bonds is 4. The summed E-state index contributed by atoms with van der Waals surface area (Å²) in [7, 11) is 0.394. The number of halogens is 2. The third kappa shape index (κ3) is 3.28. The number of non-ortho nitro benzene ring substituents is 1. The first kappa shape index (κ1) is 15.6. The van der Waals surface area contributed by atoms with Gasteiger partial charge in [0.15, 0.2) is 5.82 Å². The summed E-state index contributed by atoms with van der Waals surface area (Å²) in [4.78, 5) is 20.3. The Morgan fingerprint density at radius 3 is 2.52 bits per heavy atom. The smallest absolute Gasteiger partial charge is 0.341 e. The van der Waals surface area contributed by atoms with Crippen molar-refractivity contribution in [2.24, 2.45) is 0 Å². The molecule has 0 amide bonds. The Balaban J connectivity index is 2.50. The summed E-state index contributed by atoms with van der Waals surface area (Å²) in [6.07, 6.45) is -0.604. The predicted molar refractivity (Wildman–Crippen MR) is 66.1 cm³/mol. The zero-order valence-electron chi connectivity index (χ0n) is 10.1. The van der Waals surface area contributed by atoms with Crippen LogP contribution in [0.2, 0.25) is 0 Å². The highest BCUT2D eigenvalue weighted by Gasteiger charge is 2.30. The second kappa shape index (κ2) is 5.54. The van der Waals surface area contributed by atoms with Gasteiger partial charge in [-0.3, -0.25) is 10.1 Å². The normalized spacial score (nSPS) is 15.3. The van der Waals surface area contributed by atoms with Crippen molar-refractivity contribution in [1.29, 1.82) is 0 Å². The topological polar surface area (TPSA) is 113 Å². The van der Waals surface area contributed by atoms with Crippen molar-refractivity contribution in [2.45, 2.75) is 11.0 Å². The maximum atomic E-state index is 14.0. The molecular weight excluding hydrogens is 333 g/mol. The second-order valence-corrected chi connectivity index (χ2v) is 6.60. The number of benzene rings is 1. The summed E-state index contributed by atoms with van der Waals surface area (Å²) in [6.45, 7) is 0.228. The van der Waals surface area contributed by atoms with Crippen LogP contribution in [0.15, 0.2) is 17.0 Å². The Hall–Kier alpha value is -1.78. The monoisotopic (exact) mass is 339 g/mol. The number of nitrogens with zero attached hydrogens (tertiary/aromatic N) is 1. The van der Waals surface area contributed by atoms with E-state index in [1.165, 1.54) is 0 Å². The lowest BCUT2D eigenvalue weighted by Gasteiger charge is -2.25. The summed E-state index contributed by atoms with van der Waals surface area (Å²) < 4.78 is 46.0. The van der Waals surface area contributed by atoms with Crippen LogP contribution in [-0.2, 0) is 18.5 Å². The number of nitro groups is 1. The summed E-state index contributed by atoms with van der Waals surface area (Å²) in [5.41, 5.74) is -1.68. The summed E-state index contributed by atoms with van der Waals surface area (Å²) >= 11 is 0. The molecule has 11 heteroatoms. The van der Waals surface area contributed by atoms with E-state index in [0.29, 0.717) is 12.1 Å². The molecule has 0 bridgehead atoms. The lowest BCUT2D eigenvalue weighted by atomic mass is 10.2. The third-order valence-corrected chi connectivity index (χ3v) is 3.92. The van der Waals surface area contributed by atoms with Gasteiger partial charge in [0.25, 0.3) is 14.7 Å². The van der Waals surface area contributed by atoms with E-state index < -0.39 is 48.0 Å². The van der Waals surface area contributed by atoms with Gasteiger partial charge in [0.05, 0.1) is 18.1 Å². The first-order chi connectivity index (χ1) is 9.70. The molecule has 2 rings (SSSR count). The Morgan fingerprint density at radius 1 is 1.48 bits per heavy atom. The van der Waals surface area contributed by atoms with Crippen molar-refractivity contribution in [3.05, 3.63) is 33.6 Å². The summed E-state index contributed by atoms with van der Waals surface area (Å²) in [6, 6.07) is 1.02. The van der Waals surface area contributed by atoms with Crippen molar-refractivity contribution < 1.29 is 32.0 Å². The first-order valence-electron chi connectivity index (χ1n) is 5.41. The number of nitro benzene ring substituents is 1. The van der Waals surface area contributed by atoms with Crippen LogP contribution in [0.5, 0.6) is 0 Å². The Bertz CT molecular complexity index is 716. The summed E-state index contributed by atoms with van der Waals surface area (Å²) in [5, 5.41) is 10.7. The quantitative estimate of drug-likeness (QED) is 0.350. The van der Waals surface area contributed by atoms with E-state index in [9.17, 15) is 27.7 Å². The van der Waals surface area contributed by atoms with Crippen molar-refractivity contribution >= 4 is 31.4 Å². The molecule has 0 N–H and O–H groups in total. The number of esters is 1. The van der Waals surface area contributed by atoms with Crippen LogP contribution in [-0.4, -0.2) is 38.6 Å². The van der Waals surface area contributed by atoms with Crippen LogP contribution in [0.4, 0.5) is 10.1 Å². The highest BCUT2D eigenvalue weighted by atomic mass is 35.7. The van der Waals surface area contributed by atoms with Crippen molar-refractivity contribution in [1.82, 2.24) is 0 Å². The fraction of sp³-hybridized carbons (Fsp3) is 0.300. The van der Waals surface area contributed by atoms with Crippen molar-refractivity contribution in [3.63, 3.8) is 0 Å². The largest absolute Gasteiger partial charge is 0.454 e. The van der Waals surface area contributed by atoms with Crippen molar-refractivity contribution in [2.75, 3.05) is 13.2 Å². The molecule has 0 unspecified atom stereocenters. The number of hydrogen-bond acceptors (Lipinski definition) is 7. The maximum Gasteiger partial charge on any atom is 0.341 e. The van der Waals surface area contributed by atoms with Crippen LogP contribution in [0, 0.1) is 15.9 Å². The van der Waals surface area contributed by atoms with Gasteiger partial charge in [-0.05, 0) is 0 Å². The van der Waals surface area contributed by atoms with Gasteiger partial charge in [0.2, 0.25) is 0 Å². The Kier molecular flexibility index (Phi) is 4.12. The van der Waals surface area contributed by atoms with E-state index in [1.54, 1.807) is 0 Å². The Labute approximate surface area is 122 Å². The number of carbonyl (C=O) groups excluding carboxylic acids is 1. The standard InChI is InChI=1S/C10H7ClFNO7S/c11-21(17,18)8-2-5(13(15)16)1-7(9(8)12)10(14)20-6-3-19-4-6/h1-2,6H,3-4H2. The number of hydrogen-bond donors (Lipinski definition) is 0. The molecule has 0 spiro atoms. The highest BCUT2D eigenvalue weighted by molar-refractivity contribution is 8.13. The second-order valence-electron chi connectivity index (χ2n) is 4.07. The van der Waals surface area contributed by atoms with Gasteiger partial charge in [-0.2, -0.15) is 0 Å². The molecule has 8 nitrogen and oxygen atoms in total. The molecule has 1 saturated heterocycles. The highest BCUT2D eigenvalue weighted by Crippen LogP contribution is 2.28. The molecule has 0 atom stereocenters. The lowest BCUT2D eigenvalue weighted by Crippen LogP contribution is -2.38.